The van der Waals surface area contributed by atoms with Gasteiger partial charge in [0, 0.05) is 24.1 Å². The molecule has 0 aliphatic rings. The van der Waals surface area contributed by atoms with Gasteiger partial charge in [0.2, 0.25) is 6.41 Å². The van der Waals surface area contributed by atoms with Crippen molar-refractivity contribution in [3.05, 3.63) is 46.3 Å². The summed E-state index contributed by atoms with van der Waals surface area (Å²) < 4.78 is 10.9. The van der Waals surface area contributed by atoms with Crippen molar-refractivity contribution in [2.24, 2.45) is 5.73 Å². The highest BCUT2D eigenvalue weighted by Crippen LogP contribution is 2.38. The molecule has 1 aromatic carbocycles. The van der Waals surface area contributed by atoms with Crippen LogP contribution in [0, 0.1) is 0 Å². The summed E-state index contributed by atoms with van der Waals surface area (Å²) in [6, 6.07) is 6.86. The minimum atomic E-state index is -0.167. The van der Waals surface area contributed by atoms with Crippen molar-refractivity contribution in [1.29, 1.82) is 0 Å². The summed E-state index contributed by atoms with van der Waals surface area (Å²) in [5.41, 5.74) is 5.96. The molecule has 8 heteroatoms. The summed E-state index contributed by atoms with van der Waals surface area (Å²) in [6.07, 6.45) is 1.77. The van der Waals surface area contributed by atoms with E-state index in [0.29, 0.717) is 32.5 Å². The minimum Gasteiger partial charge on any atom is -0.493 e. The van der Waals surface area contributed by atoms with Gasteiger partial charge in [-0.1, -0.05) is 23.2 Å². The van der Waals surface area contributed by atoms with Gasteiger partial charge in [-0.2, -0.15) is 0 Å². The third kappa shape index (κ3) is 3.92. The molecule has 2 aromatic heterocycles. The number of methoxy groups -OCH3 is 1. The molecule has 0 aliphatic carbocycles. The lowest BCUT2D eigenvalue weighted by molar-refractivity contribution is -0.106. The maximum atomic E-state index is 11.6. The molecule has 0 saturated heterocycles. The Morgan fingerprint density at radius 2 is 2.00 bits per heavy atom. The Morgan fingerprint density at radius 1 is 1.32 bits per heavy atom. The molecule has 3 aromatic rings. The summed E-state index contributed by atoms with van der Waals surface area (Å²) in [4.78, 5) is 24.4. The van der Waals surface area contributed by atoms with Gasteiger partial charge in [0.25, 0.3) is 0 Å². The molecule has 1 amide bonds. The van der Waals surface area contributed by atoms with Crippen molar-refractivity contribution >= 4 is 46.4 Å². The number of ketones is 1. The molecule has 0 aliphatic heterocycles. The van der Waals surface area contributed by atoms with Crippen molar-refractivity contribution in [1.82, 2.24) is 4.98 Å². The predicted octanol–water partition coefficient (Wildman–Crippen LogP) is 4.11. The van der Waals surface area contributed by atoms with E-state index in [1.165, 1.54) is 20.2 Å². The lowest BCUT2D eigenvalue weighted by Gasteiger charge is -2.07. The van der Waals surface area contributed by atoms with Crippen molar-refractivity contribution in [3.63, 3.8) is 0 Å². The van der Waals surface area contributed by atoms with Gasteiger partial charge in [-0.3, -0.25) is 14.6 Å². The molecule has 2 heterocycles. The number of amides is 1. The van der Waals surface area contributed by atoms with Crippen LogP contribution in [0.25, 0.3) is 22.2 Å². The van der Waals surface area contributed by atoms with Crippen LogP contribution in [0.1, 0.15) is 17.5 Å². The lowest BCUT2D eigenvalue weighted by Crippen LogP contribution is -1.88. The number of rotatable bonds is 3. The number of pyridine rings is 1. The highest BCUT2D eigenvalue weighted by Gasteiger charge is 2.18. The van der Waals surface area contributed by atoms with Crippen LogP contribution in [0.2, 0.25) is 10.0 Å². The van der Waals surface area contributed by atoms with Gasteiger partial charge in [0.15, 0.2) is 22.9 Å². The van der Waals surface area contributed by atoms with Gasteiger partial charge in [0.1, 0.15) is 0 Å². The summed E-state index contributed by atoms with van der Waals surface area (Å²) in [5.74, 6) is 0.626. The number of fused-ring (bicyclic) bond motifs is 1. The molecule has 0 spiro atoms. The van der Waals surface area contributed by atoms with Crippen LogP contribution in [0.15, 0.2) is 34.9 Å². The van der Waals surface area contributed by atoms with Gasteiger partial charge in [0.05, 0.1) is 22.8 Å². The molecule has 25 heavy (non-hydrogen) atoms. The van der Waals surface area contributed by atoms with E-state index in [1.54, 1.807) is 18.2 Å². The zero-order valence-corrected chi connectivity index (χ0v) is 14.9. The third-order valence-corrected chi connectivity index (χ3v) is 3.77. The Balaban J connectivity index is 0.000000701. The molecule has 0 radical (unpaired) electrons. The number of carbonyl (C=O) groups excluding carboxylic acids is 2. The van der Waals surface area contributed by atoms with Crippen molar-refractivity contribution in [3.8, 4) is 17.0 Å². The smallest absolute Gasteiger partial charge is 0.204 e. The molecular weight excluding hydrogens is 367 g/mol. The first-order valence-corrected chi connectivity index (χ1v) is 7.76. The molecule has 0 bridgehead atoms. The number of benzene rings is 1. The molecule has 0 saturated carbocycles. The monoisotopic (exact) mass is 380 g/mol. The van der Waals surface area contributed by atoms with Crippen LogP contribution in [0.5, 0.6) is 5.75 Å². The molecule has 0 atom stereocenters. The number of aromatic nitrogens is 1. The number of primary amides is 1. The second-order valence-corrected chi connectivity index (χ2v) is 5.69. The van der Waals surface area contributed by atoms with E-state index in [4.69, 9.17) is 37.2 Å². The third-order valence-electron chi connectivity index (χ3n) is 3.28. The zero-order valence-electron chi connectivity index (χ0n) is 13.4. The number of nitrogens with two attached hydrogens (primary N) is 1. The van der Waals surface area contributed by atoms with Gasteiger partial charge >= 0.3 is 0 Å². The summed E-state index contributed by atoms with van der Waals surface area (Å²) >= 11 is 12.1. The fraction of sp³-hybridized carbons (Fsp3) is 0.118. The zero-order chi connectivity index (χ0) is 18.6. The molecule has 6 nitrogen and oxygen atoms in total. The SMILES string of the molecule is COc1ccc(-c2ncc(Cl)cc2Cl)c2cc(C(C)=O)oc12.NC=O. The van der Waals surface area contributed by atoms with Crippen LogP contribution >= 0.6 is 23.2 Å². The molecule has 0 unspecified atom stereocenters. The summed E-state index contributed by atoms with van der Waals surface area (Å²) in [5, 5.41) is 1.58. The summed E-state index contributed by atoms with van der Waals surface area (Å²) in [6.45, 7) is 1.44. The highest BCUT2D eigenvalue weighted by molar-refractivity contribution is 6.36. The fourth-order valence-corrected chi connectivity index (χ4v) is 2.73. The van der Waals surface area contributed by atoms with Crippen molar-refractivity contribution < 1.29 is 18.7 Å². The van der Waals surface area contributed by atoms with Gasteiger partial charge < -0.3 is 14.9 Å². The second kappa shape index (κ2) is 8.00. The maximum absolute atomic E-state index is 11.6. The topological polar surface area (TPSA) is 95.4 Å². The Hall–Kier alpha value is -2.57. The molecule has 3 rings (SSSR count). The molecule has 130 valence electrons. The number of nitrogens with zero attached hydrogens (tertiary/aromatic N) is 1. The average molecular weight is 381 g/mol. The number of furan rings is 1. The van der Waals surface area contributed by atoms with Crippen LogP contribution < -0.4 is 10.5 Å². The standard InChI is InChI=1S/C16H11Cl2NO3.CH3NO/c1-8(20)14-6-11-10(3-4-13(21-2)16(11)22-14)15-12(18)5-9(17)7-19-15;2-1-3/h3-7H,1-2H3;1H,(H2,2,3). The number of carbonyl (C=O) groups is 2. The largest absolute Gasteiger partial charge is 0.493 e. The number of Topliss-reactive ketones (excluding diaryl/α,β-unsaturated/α-hetero) is 1. The van der Waals surface area contributed by atoms with E-state index in [-0.39, 0.29) is 18.0 Å². The van der Waals surface area contributed by atoms with E-state index >= 15 is 0 Å². The quantitative estimate of drug-likeness (QED) is 0.544. The number of hydrogen-bond donors (Lipinski definition) is 1. The highest BCUT2D eigenvalue weighted by atomic mass is 35.5. The van der Waals surface area contributed by atoms with Crippen molar-refractivity contribution in [2.75, 3.05) is 7.11 Å². The average Bonchev–Trinajstić information content (AvgIpc) is 3.01. The van der Waals surface area contributed by atoms with Crippen LogP contribution in [0.4, 0.5) is 0 Å². The van der Waals surface area contributed by atoms with E-state index in [0.717, 1.165) is 5.56 Å². The van der Waals surface area contributed by atoms with Crippen LogP contribution in [0.3, 0.4) is 0 Å². The van der Waals surface area contributed by atoms with Crippen LogP contribution in [-0.2, 0) is 4.79 Å². The Labute approximate surface area is 153 Å². The van der Waals surface area contributed by atoms with E-state index < -0.39 is 0 Å². The number of ether oxygens (including phenoxy) is 1. The molecule has 2 N–H and O–H groups in total. The van der Waals surface area contributed by atoms with Gasteiger partial charge in [-0.25, -0.2) is 0 Å². The first-order valence-electron chi connectivity index (χ1n) is 7.01. The number of hydrogen-bond acceptors (Lipinski definition) is 5. The normalized spacial score (nSPS) is 10.1. The van der Waals surface area contributed by atoms with Crippen LogP contribution in [-0.4, -0.2) is 24.3 Å². The van der Waals surface area contributed by atoms with E-state index in [1.807, 2.05) is 6.07 Å². The van der Waals surface area contributed by atoms with E-state index in [2.05, 4.69) is 10.7 Å². The Kier molecular flexibility index (Phi) is 6.01. The predicted molar refractivity (Wildman–Crippen MR) is 96.3 cm³/mol. The lowest BCUT2D eigenvalue weighted by atomic mass is 10.1. The molecular formula is C17H14Cl2N2O4. The first-order chi connectivity index (χ1) is 11.9. The Morgan fingerprint density at radius 3 is 2.56 bits per heavy atom. The molecule has 0 fully saturated rings. The van der Waals surface area contributed by atoms with Crippen molar-refractivity contribution in [2.45, 2.75) is 6.92 Å². The fourth-order valence-electron chi connectivity index (χ4n) is 2.25. The van der Waals surface area contributed by atoms with Gasteiger partial charge in [-0.05, 0) is 24.3 Å². The Bertz CT molecular complexity index is 938. The second-order valence-electron chi connectivity index (χ2n) is 4.85. The summed E-state index contributed by atoms with van der Waals surface area (Å²) in [7, 11) is 1.54. The first kappa shape index (κ1) is 18.8. The number of halogens is 2. The van der Waals surface area contributed by atoms with Gasteiger partial charge in [-0.15, -0.1) is 0 Å². The maximum Gasteiger partial charge on any atom is 0.204 e. The van der Waals surface area contributed by atoms with E-state index in [9.17, 15) is 4.79 Å². The minimum absolute atomic E-state index is 0.167.